The van der Waals surface area contributed by atoms with E-state index in [1.807, 2.05) is 13.8 Å². The predicted octanol–water partition coefficient (Wildman–Crippen LogP) is 1.61. The van der Waals surface area contributed by atoms with Crippen molar-refractivity contribution < 1.29 is 9.00 Å². The number of amides is 1. The van der Waals surface area contributed by atoms with Crippen molar-refractivity contribution in [3.63, 3.8) is 0 Å². The molecule has 0 saturated heterocycles. The number of rotatable bonds is 5. The van der Waals surface area contributed by atoms with Gasteiger partial charge in [-0.3, -0.25) is 9.00 Å². The van der Waals surface area contributed by atoms with Crippen LogP contribution in [0.3, 0.4) is 0 Å². The quantitative estimate of drug-likeness (QED) is 0.784. The first-order valence-electron chi connectivity index (χ1n) is 5.47. The maximum Gasteiger partial charge on any atom is 0.236 e. The van der Waals surface area contributed by atoms with Crippen molar-refractivity contribution in [1.29, 1.82) is 0 Å². The Morgan fingerprint density at radius 3 is 2.76 bits per heavy atom. The van der Waals surface area contributed by atoms with Crippen molar-refractivity contribution in [2.75, 3.05) is 22.6 Å². The van der Waals surface area contributed by atoms with E-state index in [1.54, 1.807) is 24.3 Å². The van der Waals surface area contributed by atoms with E-state index in [0.717, 1.165) is 0 Å². The summed E-state index contributed by atoms with van der Waals surface area (Å²) in [6.07, 6.45) is 0. The molecule has 0 bridgehead atoms. The lowest BCUT2D eigenvalue weighted by atomic mass is 10.3. The fraction of sp³-hybridized carbons (Fsp3) is 0.417. The fourth-order valence-electron chi connectivity index (χ4n) is 1.39. The van der Waals surface area contributed by atoms with Crippen LogP contribution in [0.1, 0.15) is 13.8 Å². The zero-order valence-electron chi connectivity index (χ0n) is 10.1. The second kappa shape index (κ2) is 6.39. The van der Waals surface area contributed by atoms with Gasteiger partial charge < -0.3 is 11.1 Å². The Morgan fingerprint density at radius 2 is 2.18 bits per heavy atom. The molecule has 1 aromatic carbocycles. The molecule has 1 unspecified atom stereocenters. The van der Waals surface area contributed by atoms with Crippen LogP contribution in [-0.2, 0) is 15.6 Å². The standard InChI is InChI=1S/C12H18N2O2S/c1-9(2)7-17(16)8-12(15)14-11-5-3-4-10(13)6-11/h3-6,9H,7-8,13H2,1-2H3,(H,14,15). The smallest absolute Gasteiger partial charge is 0.236 e. The van der Waals surface area contributed by atoms with E-state index in [0.29, 0.717) is 23.0 Å². The average molecular weight is 254 g/mol. The topological polar surface area (TPSA) is 72.2 Å². The Labute approximate surface area is 104 Å². The first-order valence-corrected chi connectivity index (χ1v) is 6.96. The van der Waals surface area contributed by atoms with Crippen LogP contribution in [-0.4, -0.2) is 21.6 Å². The van der Waals surface area contributed by atoms with Gasteiger partial charge in [0.1, 0.15) is 5.75 Å². The summed E-state index contributed by atoms with van der Waals surface area (Å²) < 4.78 is 11.5. The molecule has 1 amide bonds. The Bertz CT molecular complexity index is 419. The molecule has 94 valence electrons. The van der Waals surface area contributed by atoms with Gasteiger partial charge in [-0.2, -0.15) is 0 Å². The third-order valence-corrected chi connectivity index (χ3v) is 3.60. The molecule has 0 spiro atoms. The van der Waals surface area contributed by atoms with Gasteiger partial charge in [0.25, 0.3) is 0 Å². The Kier molecular flexibility index (Phi) is 5.15. The van der Waals surface area contributed by atoms with Gasteiger partial charge in [-0.1, -0.05) is 19.9 Å². The number of anilines is 2. The van der Waals surface area contributed by atoms with Gasteiger partial charge in [-0.15, -0.1) is 0 Å². The molecule has 4 nitrogen and oxygen atoms in total. The second-order valence-corrected chi connectivity index (χ2v) is 5.82. The third-order valence-electron chi connectivity index (χ3n) is 1.98. The average Bonchev–Trinajstić information content (AvgIpc) is 2.14. The van der Waals surface area contributed by atoms with Crippen molar-refractivity contribution in [1.82, 2.24) is 0 Å². The molecule has 1 rings (SSSR count). The van der Waals surface area contributed by atoms with Gasteiger partial charge >= 0.3 is 0 Å². The molecule has 1 aromatic rings. The summed E-state index contributed by atoms with van der Waals surface area (Å²) in [5.41, 5.74) is 6.81. The zero-order valence-corrected chi connectivity index (χ0v) is 10.9. The lowest BCUT2D eigenvalue weighted by Gasteiger charge is -2.07. The minimum absolute atomic E-state index is 0.0347. The monoisotopic (exact) mass is 254 g/mol. The molecule has 0 fully saturated rings. The van der Waals surface area contributed by atoms with Crippen molar-refractivity contribution in [3.8, 4) is 0 Å². The van der Waals surface area contributed by atoms with Gasteiger partial charge in [0, 0.05) is 27.9 Å². The van der Waals surface area contributed by atoms with E-state index in [2.05, 4.69) is 5.32 Å². The van der Waals surface area contributed by atoms with E-state index in [4.69, 9.17) is 5.73 Å². The minimum Gasteiger partial charge on any atom is -0.399 e. The Morgan fingerprint density at radius 1 is 1.47 bits per heavy atom. The van der Waals surface area contributed by atoms with E-state index in [-0.39, 0.29) is 11.7 Å². The molecular weight excluding hydrogens is 236 g/mol. The first-order chi connectivity index (χ1) is 7.97. The molecular formula is C12H18N2O2S. The molecule has 5 heteroatoms. The van der Waals surface area contributed by atoms with Crippen LogP contribution in [0.15, 0.2) is 24.3 Å². The number of hydrogen-bond acceptors (Lipinski definition) is 3. The predicted molar refractivity (Wildman–Crippen MR) is 72.2 cm³/mol. The van der Waals surface area contributed by atoms with Crippen LogP contribution >= 0.6 is 0 Å². The number of nitrogens with one attached hydrogen (secondary N) is 1. The van der Waals surface area contributed by atoms with Crippen LogP contribution in [0.25, 0.3) is 0 Å². The maximum absolute atomic E-state index is 11.6. The first kappa shape index (κ1) is 13.7. The van der Waals surface area contributed by atoms with Crippen LogP contribution in [0.4, 0.5) is 11.4 Å². The summed E-state index contributed by atoms with van der Waals surface area (Å²) in [4.78, 5) is 11.6. The van der Waals surface area contributed by atoms with Crippen LogP contribution < -0.4 is 11.1 Å². The highest BCUT2D eigenvalue weighted by molar-refractivity contribution is 7.85. The van der Waals surface area contributed by atoms with E-state index in [9.17, 15) is 9.00 Å². The highest BCUT2D eigenvalue weighted by Gasteiger charge is 2.09. The molecule has 0 aliphatic heterocycles. The van der Waals surface area contributed by atoms with E-state index >= 15 is 0 Å². The van der Waals surface area contributed by atoms with Gasteiger partial charge in [-0.25, -0.2) is 0 Å². The van der Waals surface area contributed by atoms with Gasteiger partial charge in [-0.05, 0) is 24.1 Å². The summed E-state index contributed by atoms with van der Waals surface area (Å²) in [5, 5.41) is 2.67. The van der Waals surface area contributed by atoms with Crippen LogP contribution in [0, 0.1) is 5.92 Å². The molecule has 0 heterocycles. The summed E-state index contributed by atoms with van der Waals surface area (Å²) in [6, 6.07) is 6.92. The summed E-state index contributed by atoms with van der Waals surface area (Å²) in [5.74, 6) is 0.669. The van der Waals surface area contributed by atoms with Crippen molar-refractivity contribution in [2.45, 2.75) is 13.8 Å². The summed E-state index contributed by atoms with van der Waals surface area (Å²) in [6.45, 7) is 3.96. The summed E-state index contributed by atoms with van der Waals surface area (Å²) in [7, 11) is -1.10. The lowest BCUT2D eigenvalue weighted by molar-refractivity contribution is -0.113. The highest BCUT2D eigenvalue weighted by Crippen LogP contribution is 2.11. The number of nitrogen functional groups attached to an aromatic ring is 1. The largest absolute Gasteiger partial charge is 0.399 e. The number of nitrogens with two attached hydrogens (primary N) is 1. The molecule has 1 atom stereocenters. The van der Waals surface area contributed by atoms with Gasteiger partial charge in [0.05, 0.1) is 0 Å². The third kappa shape index (κ3) is 5.49. The molecule has 0 aromatic heterocycles. The lowest BCUT2D eigenvalue weighted by Crippen LogP contribution is -2.22. The Balaban J connectivity index is 2.47. The second-order valence-electron chi connectivity index (χ2n) is 4.32. The molecule has 17 heavy (non-hydrogen) atoms. The molecule has 0 radical (unpaired) electrons. The Hall–Kier alpha value is -1.36. The normalized spacial score (nSPS) is 12.4. The van der Waals surface area contributed by atoms with Gasteiger partial charge in [0.2, 0.25) is 5.91 Å². The van der Waals surface area contributed by atoms with E-state index < -0.39 is 10.8 Å². The van der Waals surface area contributed by atoms with Crippen molar-refractivity contribution in [2.24, 2.45) is 5.92 Å². The summed E-state index contributed by atoms with van der Waals surface area (Å²) >= 11 is 0. The van der Waals surface area contributed by atoms with Crippen molar-refractivity contribution in [3.05, 3.63) is 24.3 Å². The van der Waals surface area contributed by atoms with E-state index in [1.165, 1.54) is 0 Å². The van der Waals surface area contributed by atoms with Gasteiger partial charge in [0.15, 0.2) is 0 Å². The minimum atomic E-state index is -1.10. The number of benzene rings is 1. The SMILES string of the molecule is CC(C)CS(=O)CC(=O)Nc1cccc(N)c1. The number of carbonyl (C=O) groups is 1. The molecule has 3 N–H and O–H groups in total. The zero-order chi connectivity index (χ0) is 12.8. The number of hydrogen-bond donors (Lipinski definition) is 2. The molecule has 0 aliphatic carbocycles. The van der Waals surface area contributed by atoms with Crippen LogP contribution in [0.2, 0.25) is 0 Å². The maximum atomic E-state index is 11.6. The van der Waals surface area contributed by atoms with Crippen LogP contribution in [0.5, 0.6) is 0 Å². The highest BCUT2D eigenvalue weighted by atomic mass is 32.2. The molecule has 0 aliphatic rings. The molecule has 0 saturated carbocycles. The number of carbonyl (C=O) groups excluding carboxylic acids is 1. The fourth-order valence-corrected chi connectivity index (χ4v) is 2.62. The van der Waals surface area contributed by atoms with Crippen molar-refractivity contribution >= 4 is 28.1 Å².